The van der Waals surface area contributed by atoms with Gasteiger partial charge in [-0.25, -0.2) is 4.98 Å². The first-order chi connectivity index (χ1) is 10.6. The Morgan fingerprint density at radius 2 is 2.14 bits per heavy atom. The number of hydrogen-bond donors (Lipinski definition) is 1. The third kappa shape index (κ3) is 3.45. The van der Waals surface area contributed by atoms with Gasteiger partial charge in [-0.1, -0.05) is 6.07 Å². The van der Waals surface area contributed by atoms with E-state index in [2.05, 4.69) is 10.3 Å². The highest BCUT2D eigenvalue weighted by atomic mass is 32.1. The van der Waals surface area contributed by atoms with Crippen molar-refractivity contribution in [3.63, 3.8) is 0 Å². The van der Waals surface area contributed by atoms with Crippen LogP contribution in [-0.4, -0.2) is 41.1 Å². The van der Waals surface area contributed by atoms with Gasteiger partial charge in [0.1, 0.15) is 0 Å². The van der Waals surface area contributed by atoms with E-state index >= 15 is 0 Å². The van der Waals surface area contributed by atoms with Crippen molar-refractivity contribution in [2.45, 2.75) is 26.1 Å². The SMILES string of the molecule is CC1CN(C(=O)c2cccc(Nc3nccs3)c2)CC(C)O1. The summed E-state index contributed by atoms with van der Waals surface area (Å²) in [4.78, 5) is 18.7. The number of nitrogens with zero attached hydrogens (tertiary/aromatic N) is 2. The maximum atomic E-state index is 12.7. The first-order valence-electron chi connectivity index (χ1n) is 7.33. The molecule has 0 bridgehead atoms. The lowest BCUT2D eigenvalue weighted by atomic mass is 10.1. The van der Waals surface area contributed by atoms with Crippen LogP contribution < -0.4 is 5.32 Å². The summed E-state index contributed by atoms with van der Waals surface area (Å²) in [5, 5.41) is 5.94. The van der Waals surface area contributed by atoms with Crippen molar-refractivity contribution in [3.8, 4) is 0 Å². The molecule has 1 N–H and O–H groups in total. The van der Waals surface area contributed by atoms with E-state index in [9.17, 15) is 4.79 Å². The fraction of sp³-hybridized carbons (Fsp3) is 0.375. The largest absolute Gasteiger partial charge is 0.372 e. The first-order valence-corrected chi connectivity index (χ1v) is 8.21. The zero-order valence-electron chi connectivity index (χ0n) is 12.7. The van der Waals surface area contributed by atoms with Gasteiger partial charge in [0, 0.05) is 35.9 Å². The maximum absolute atomic E-state index is 12.7. The van der Waals surface area contributed by atoms with E-state index in [-0.39, 0.29) is 18.1 Å². The highest BCUT2D eigenvalue weighted by Crippen LogP contribution is 2.21. The molecule has 22 heavy (non-hydrogen) atoms. The molecule has 0 aliphatic carbocycles. The Morgan fingerprint density at radius 3 is 2.82 bits per heavy atom. The third-order valence-electron chi connectivity index (χ3n) is 3.50. The minimum absolute atomic E-state index is 0.0461. The smallest absolute Gasteiger partial charge is 0.254 e. The molecular formula is C16H19N3O2S. The van der Waals surface area contributed by atoms with Gasteiger partial charge >= 0.3 is 0 Å². The molecule has 1 saturated heterocycles. The van der Waals surface area contributed by atoms with Crippen LogP contribution in [0.1, 0.15) is 24.2 Å². The summed E-state index contributed by atoms with van der Waals surface area (Å²) >= 11 is 1.53. The number of carbonyl (C=O) groups excluding carboxylic acids is 1. The van der Waals surface area contributed by atoms with E-state index in [0.717, 1.165) is 10.8 Å². The molecule has 1 fully saturated rings. The number of ether oxygens (including phenoxy) is 1. The molecule has 1 amide bonds. The summed E-state index contributed by atoms with van der Waals surface area (Å²) in [6.45, 7) is 5.26. The van der Waals surface area contributed by atoms with Crippen molar-refractivity contribution < 1.29 is 9.53 Å². The third-order valence-corrected chi connectivity index (χ3v) is 4.19. The summed E-state index contributed by atoms with van der Waals surface area (Å²) in [6.07, 6.45) is 1.90. The maximum Gasteiger partial charge on any atom is 0.254 e. The zero-order valence-corrected chi connectivity index (χ0v) is 13.5. The molecule has 0 radical (unpaired) electrons. The number of rotatable bonds is 3. The summed E-state index contributed by atoms with van der Waals surface area (Å²) in [5.74, 6) is 0.0461. The van der Waals surface area contributed by atoms with Gasteiger partial charge in [-0.3, -0.25) is 4.79 Å². The number of carbonyl (C=O) groups is 1. The molecule has 1 aromatic carbocycles. The number of amides is 1. The van der Waals surface area contributed by atoms with Gasteiger partial charge in [-0.2, -0.15) is 0 Å². The highest BCUT2D eigenvalue weighted by Gasteiger charge is 2.26. The van der Waals surface area contributed by atoms with Crippen molar-refractivity contribution >= 4 is 28.1 Å². The minimum atomic E-state index is 0.0461. The van der Waals surface area contributed by atoms with Gasteiger partial charge in [0.25, 0.3) is 5.91 Å². The van der Waals surface area contributed by atoms with E-state index < -0.39 is 0 Å². The lowest BCUT2D eigenvalue weighted by Crippen LogP contribution is -2.48. The molecule has 6 heteroatoms. The molecule has 116 valence electrons. The number of aromatic nitrogens is 1. The number of benzene rings is 1. The monoisotopic (exact) mass is 317 g/mol. The van der Waals surface area contributed by atoms with E-state index in [4.69, 9.17) is 4.74 Å². The van der Waals surface area contributed by atoms with Crippen LogP contribution in [-0.2, 0) is 4.74 Å². The molecule has 1 aliphatic rings. The Bertz CT molecular complexity index is 635. The Labute approximate surface area is 133 Å². The van der Waals surface area contributed by atoms with Gasteiger partial charge in [-0.05, 0) is 32.0 Å². The molecule has 2 heterocycles. The molecular weight excluding hydrogens is 298 g/mol. The Morgan fingerprint density at radius 1 is 1.36 bits per heavy atom. The normalized spacial score (nSPS) is 21.6. The van der Waals surface area contributed by atoms with Gasteiger partial charge in [-0.15, -0.1) is 11.3 Å². The van der Waals surface area contributed by atoms with Crippen LogP contribution in [0.25, 0.3) is 0 Å². The summed E-state index contributed by atoms with van der Waals surface area (Å²) < 4.78 is 5.68. The minimum Gasteiger partial charge on any atom is -0.372 e. The average Bonchev–Trinajstić information content (AvgIpc) is 2.98. The van der Waals surface area contributed by atoms with Crippen LogP contribution in [0.3, 0.4) is 0 Å². The molecule has 3 rings (SSSR count). The van der Waals surface area contributed by atoms with Crippen molar-refractivity contribution in [2.24, 2.45) is 0 Å². The quantitative estimate of drug-likeness (QED) is 0.945. The molecule has 5 nitrogen and oxygen atoms in total. The summed E-state index contributed by atoms with van der Waals surface area (Å²) in [5.41, 5.74) is 1.55. The Hall–Kier alpha value is -1.92. The fourth-order valence-electron chi connectivity index (χ4n) is 2.66. The molecule has 2 atom stereocenters. The fourth-order valence-corrected chi connectivity index (χ4v) is 3.21. The van der Waals surface area contributed by atoms with Crippen LogP contribution in [0.5, 0.6) is 0 Å². The second kappa shape index (κ2) is 6.46. The number of nitrogens with one attached hydrogen (secondary N) is 1. The second-order valence-electron chi connectivity index (χ2n) is 5.51. The molecule has 2 unspecified atom stereocenters. The lowest BCUT2D eigenvalue weighted by Gasteiger charge is -2.35. The van der Waals surface area contributed by atoms with Crippen LogP contribution >= 0.6 is 11.3 Å². The average molecular weight is 317 g/mol. The van der Waals surface area contributed by atoms with Crippen molar-refractivity contribution in [1.29, 1.82) is 0 Å². The van der Waals surface area contributed by atoms with Gasteiger partial charge < -0.3 is 15.0 Å². The molecule has 0 saturated carbocycles. The first kappa shape index (κ1) is 15.0. The molecule has 0 spiro atoms. The summed E-state index contributed by atoms with van der Waals surface area (Å²) in [7, 11) is 0. The van der Waals surface area contributed by atoms with Gasteiger partial charge in [0.05, 0.1) is 12.2 Å². The molecule has 1 aromatic heterocycles. The van der Waals surface area contributed by atoms with E-state index in [1.807, 2.05) is 48.4 Å². The molecule has 1 aliphatic heterocycles. The van der Waals surface area contributed by atoms with Crippen molar-refractivity contribution in [3.05, 3.63) is 41.4 Å². The van der Waals surface area contributed by atoms with Crippen LogP contribution in [0.15, 0.2) is 35.8 Å². The number of morpholine rings is 1. The topological polar surface area (TPSA) is 54.5 Å². The number of anilines is 2. The van der Waals surface area contributed by atoms with E-state index in [1.54, 1.807) is 6.20 Å². The van der Waals surface area contributed by atoms with Crippen molar-refractivity contribution in [1.82, 2.24) is 9.88 Å². The van der Waals surface area contributed by atoms with Crippen LogP contribution in [0, 0.1) is 0 Å². The molecule has 2 aromatic rings. The zero-order chi connectivity index (χ0) is 15.5. The standard InChI is InChI=1S/C16H19N3O2S/c1-11-9-19(10-12(2)21-11)15(20)13-4-3-5-14(8-13)18-16-17-6-7-22-16/h3-8,11-12H,9-10H2,1-2H3,(H,17,18). The second-order valence-corrected chi connectivity index (χ2v) is 6.41. The number of thiazole rings is 1. The van der Waals surface area contributed by atoms with Crippen LogP contribution in [0.4, 0.5) is 10.8 Å². The Kier molecular flexibility index (Phi) is 4.40. The Balaban J connectivity index is 1.75. The van der Waals surface area contributed by atoms with E-state index in [1.165, 1.54) is 11.3 Å². The van der Waals surface area contributed by atoms with Gasteiger partial charge in [0.15, 0.2) is 5.13 Å². The number of hydrogen-bond acceptors (Lipinski definition) is 5. The predicted octanol–water partition coefficient (Wildman–Crippen LogP) is 3.14. The van der Waals surface area contributed by atoms with E-state index in [0.29, 0.717) is 18.7 Å². The van der Waals surface area contributed by atoms with Gasteiger partial charge in [0.2, 0.25) is 0 Å². The lowest BCUT2D eigenvalue weighted by molar-refractivity contribution is -0.0586. The summed E-state index contributed by atoms with van der Waals surface area (Å²) in [6, 6.07) is 7.54. The van der Waals surface area contributed by atoms with Crippen molar-refractivity contribution in [2.75, 3.05) is 18.4 Å². The highest BCUT2D eigenvalue weighted by molar-refractivity contribution is 7.13. The van der Waals surface area contributed by atoms with Crippen LogP contribution in [0.2, 0.25) is 0 Å². The predicted molar refractivity (Wildman–Crippen MR) is 87.8 cm³/mol.